The molecule has 2 aromatic rings. The second-order valence-corrected chi connectivity index (χ2v) is 3.58. The van der Waals surface area contributed by atoms with Crippen LogP contribution in [0.4, 0.5) is 0 Å². The van der Waals surface area contributed by atoms with Gasteiger partial charge in [0.25, 0.3) is 5.56 Å². The lowest BCUT2D eigenvalue weighted by Crippen LogP contribution is -2.23. The monoisotopic (exact) mass is 218 g/mol. The lowest BCUT2D eigenvalue weighted by molar-refractivity contribution is 0.538. The molecule has 16 heavy (non-hydrogen) atoms. The Morgan fingerprint density at radius 2 is 2.25 bits per heavy atom. The normalized spacial score (nSPS) is 10.6. The van der Waals surface area contributed by atoms with Crippen molar-refractivity contribution < 1.29 is 0 Å². The molecule has 0 aliphatic rings. The van der Waals surface area contributed by atoms with Crippen LogP contribution in [-0.4, -0.2) is 19.3 Å². The van der Waals surface area contributed by atoms with E-state index in [1.165, 1.54) is 10.7 Å². The predicted molar refractivity (Wildman–Crippen MR) is 60.5 cm³/mol. The highest BCUT2D eigenvalue weighted by molar-refractivity contribution is 5.18. The minimum absolute atomic E-state index is 0.0580. The molecule has 5 nitrogen and oxygen atoms in total. The number of imidazole rings is 1. The lowest BCUT2D eigenvalue weighted by Gasteiger charge is -2.06. The van der Waals surface area contributed by atoms with Gasteiger partial charge in [0.1, 0.15) is 6.33 Å². The summed E-state index contributed by atoms with van der Waals surface area (Å²) in [5.41, 5.74) is -0.0580. The quantitative estimate of drug-likeness (QED) is 0.775. The van der Waals surface area contributed by atoms with Gasteiger partial charge in [0.05, 0.1) is 0 Å². The zero-order valence-electron chi connectivity index (χ0n) is 9.21. The second-order valence-electron chi connectivity index (χ2n) is 3.58. The van der Waals surface area contributed by atoms with E-state index in [1.54, 1.807) is 29.4 Å². The first-order valence-corrected chi connectivity index (χ1v) is 5.38. The first-order chi connectivity index (χ1) is 7.81. The number of unbranched alkanes of at least 4 members (excludes halogenated alkanes) is 1. The Morgan fingerprint density at radius 1 is 1.38 bits per heavy atom. The number of nitrogens with zero attached hydrogens (tertiary/aromatic N) is 4. The van der Waals surface area contributed by atoms with Gasteiger partial charge in [-0.1, -0.05) is 13.3 Å². The van der Waals surface area contributed by atoms with Crippen LogP contribution in [-0.2, 0) is 6.54 Å². The van der Waals surface area contributed by atoms with Crippen LogP contribution in [0.1, 0.15) is 19.8 Å². The molecule has 0 radical (unpaired) electrons. The largest absolute Gasteiger partial charge is 0.289 e. The van der Waals surface area contributed by atoms with E-state index in [9.17, 15) is 4.79 Å². The van der Waals surface area contributed by atoms with Crippen molar-refractivity contribution in [1.29, 1.82) is 0 Å². The summed E-state index contributed by atoms with van der Waals surface area (Å²) < 4.78 is 3.28. The highest BCUT2D eigenvalue weighted by Gasteiger charge is 2.01. The van der Waals surface area contributed by atoms with Crippen molar-refractivity contribution in [3.63, 3.8) is 0 Å². The van der Waals surface area contributed by atoms with Crippen molar-refractivity contribution in [2.75, 3.05) is 0 Å². The van der Waals surface area contributed by atoms with E-state index >= 15 is 0 Å². The van der Waals surface area contributed by atoms with Crippen LogP contribution < -0.4 is 5.56 Å². The van der Waals surface area contributed by atoms with Crippen LogP contribution in [0, 0.1) is 0 Å². The van der Waals surface area contributed by atoms with Gasteiger partial charge in [-0.05, 0) is 12.5 Å². The third kappa shape index (κ3) is 2.18. The highest BCUT2D eigenvalue weighted by atomic mass is 16.1. The molecule has 5 heteroatoms. The van der Waals surface area contributed by atoms with E-state index in [1.807, 2.05) is 0 Å². The molecular weight excluding hydrogens is 204 g/mol. The van der Waals surface area contributed by atoms with E-state index in [4.69, 9.17) is 0 Å². The summed E-state index contributed by atoms with van der Waals surface area (Å²) in [6.45, 7) is 2.75. The van der Waals surface area contributed by atoms with Crippen molar-refractivity contribution in [2.45, 2.75) is 26.3 Å². The van der Waals surface area contributed by atoms with E-state index in [0.717, 1.165) is 12.8 Å². The molecule has 0 saturated carbocycles. The SMILES string of the molecule is CCCCn1nc(-n2ccnc2)ccc1=O. The maximum atomic E-state index is 11.5. The Balaban J connectivity index is 2.32. The van der Waals surface area contributed by atoms with Gasteiger partial charge in [-0.2, -0.15) is 5.10 Å². The highest BCUT2D eigenvalue weighted by Crippen LogP contribution is 2.00. The Kier molecular flexibility index (Phi) is 3.14. The molecule has 2 rings (SSSR count). The van der Waals surface area contributed by atoms with E-state index in [-0.39, 0.29) is 5.56 Å². The maximum Gasteiger partial charge on any atom is 0.266 e. The average Bonchev–Trinajstić information content (AvgIpc) is 2.81. The van der Waals surface area contributed by atoms with Crippen molar-refractivity contribution in [2.24, 2.45) is 0 Å². The Hall–Kier alpha value is -1.91. The summed E-state index contributed by atoms with van der Waals surface area (Å²) in [5, 5.41) is 4.28. The third-order valence-electron chi connectivity index (χ3n) is 2.34. The van der Waals surface area contributed by atoms with Gasteiger partial charge < -0.3 is 0 Å². The Labute approximate surface area is 93.4 Å². The van der Waals surface area contributed by atoms with Crippen molar-refractivity contribution in [3.8, 4) is 5.82 Å². The van der Waals surface area contributed by atoms with Crippen LogP contribution in [0.5, 0.6) is 0 Å². The molecule has 0 N–H and O–H groups in total. The minimum atomic E-state index is -0.0580. The number of hydrogen-bond acceptors (Lipinski definition) is 3. The first-order valence-electron chi connectivity index (χ1n) is 5.38. The minimum Gasteiger partial charge on any atom is -0.289 e. The van der Waals surface area contributed by atoms with Crippen LogP contribution in [0.25, 0.3) is 5.82 Å². The third-order valence-corrected chi connectivity index (χ3v) is 2.34. The average molecular weight is 218 g/mol. The van der Waals surface area contributed by atoms with Gasteiger partial charge in [-0.25, -0.2) is 9.67 Å². The topological polar surface area (TPSA) is 52.7 Å². The second kappa shape index (κ2) is 4.74. The van der Waals surface area contributed by atoms with Gasteiger partial charge in [0.15, 0.2) is 5.82 Å². The van der Waals surface area contributed by atoms with Crippen LogP contribution in [0.15, 0.2) is 35.6 Å². The zero-order valence-corrected chi connectivity index (χ0v) is 9.21. The molecule has 0 amide bonds. The Bertz CT molecular complexity index is 501. The standard InChI is InChI=1S/C11H14N4O/c1-2-3-7-15-11(16)5-4-10(13-15)14-8-6-12-9-14/h4-6,8-9H,2-3,7H2,1H3. The number of hydrogen-bond donors (Lipinski definition) is 0. The predicted octanol–water partition coefficient (Wildman–Crippen LogP) is 1.23. The van der Waals surface area contributed by atoms with Crippen molar-refractivity contribution in [3.05, 3.63) is 41.2 Å². The number of aromatic nitrogens is 4. The van der Waals surface area contributed by atoms with Gasteiger partial charge >= 0.3 is 0 Å². The van der Waals surface area contributed by atoms with E-state index in [2.05, 4.69) is 17.0 Å². The fourth-order valence-corrected chi connectivity index (χ4v) is 1.44. The lowest BCUT2D eigenvalue weighted by atomic mass is 10.3. The van der Waals surface area contributed by atoms with Crippen LogP contribution >= 0.6 is 0 Å². The molecule has 0 aliphatic heterocycles. The molecule has 0 saturated heterocycles. The molecular formula is C11H14N4O. The van der Waals surface area contributed by atoms with Crippen molar-refractivity contribution >= 4 is 0 Å². The van der Waals surface area contributed by atoms with Gasteiger partial charge in [-0.3, -0.25) is 9.36 Å². The molecule has 0 spiro atoms. The zero-order chi connectivity index (χ0) is 11.4. The van der Waals surface area contributed by atoms with Crippen molar-refractivity contribution in [1.82, 2.24) is 19.3 Å². The Morgan fingerprint density at radius 3 is 2.94 bits per heavy atom. The summed E-state index contributed by atoms with van der Waals surface area (Å²) in [5.74, 6) is 0.716. The van der Waals surface area contributed by atoms with Crippen LogP contribution in [0.2, 0.25) is 0 Å². The smallest absolute Gasteiger partial charge is 0.266 e. The van der Waals surface area contributed by atoms with E-state index < -0.39 is 0 Å². The summed E-state index contributed by atoms with van der Waals surface area (Å²) in [4.78, 5) is 15.5. The molecule has 0 fully saturated rings. The first kappa shape index (κ1) is 10.6. The molecule has 0 atom stereocenters. The summed E-state index contributed by atoms with van der Waals surface area (Å²) >= 11 is 0. The van der Waals surface area contributed by atoms with Gasteiger partial charge in [0, 0.05) is 25.0 Å². The van der Waals surface area contributed by atoms with Gasteiger partial charge in [-0.15, -0.1) is 0 Å². The summed E-state index contributed by atoms with van der Waals surface area (Å²) in [6.07, 6.45) is 7.15. The number of aryl methyl sites for hydroxylation is 1. The van der Waals surface area contributed by atoms with Crippen LogP contribution in [0.3, 0.4) is 0 Å². The molecule has 0 aromatic carbocycles. The molecule has 0 unspecified atom stereocenters. The fourth-order valence-electron chi connectivity index (χ4n) is 1.44. The van der Waals surface area contributed by atoms with Gasteiger partial charge in [0.2, 0.25) is 0 Å². The molecule has 2 aromatic heterocycles. The summed E-state index contributed by atoms with van der Waals surface area (Å²) in [7, 11) is 0. The fraction of sp³-hybridized carbons (Fsp3) is 0.364. The van der Waals surface area contributed by atoms with E-state index in [0.29, 0.717) is 12.4 Å². The molecule has 0 bridgehead atoms. The molecule has 84 valence electrons. The molecule has 0 aliphatic carbocycles. The maximum absolute atomic E-state index is 11.5. The summed E-state index contributed by atoms with van der Waals surface area (Å²) in [6, 6.07) is 3.24. The molecule has 2 heterocycles. The number of rotatable bonds is 4.